The summed E-state index contributed by atoms with van der Waals surface area (Å²) in [4.78, 5) is 13.4. The van der Waals surface area contributed by atoms with E-state index in [0.717, 1.165) is 30.7 Å². The maximum absolute atomic E-state index is 12.2. The minimum atomic E-state index is -0.180. The van der Waals surface area contributed by atoms with Gasteiger partial charge in [0.15, 0.2) is 0 Å². The molecule has 1 saturated heterocycles. The van der Waals surface area contributed by atoms with Gasteiger partial charge in [0.2, 0.25) is 0 Å². The van der Waals surface area contributed by atoms with Gasteiger partial charge in [-0.1, -0.05) is 18.9 Å². The van der Waals surface area contributed by atoms with Gasteiger partial charge in [-0.15, -0.1) is 11.3 Å². The minimum absolute atomic E-state index is 0.0273. The number of anilines is 1. The van der Waals surface area contributed by atoms with Crippen LogP contribution in [0.5, 0.6) is 5.75 Å². The van der Waals surface area contributed by atoms with Crippen molar-refractivity contribution >= 4 is 23.1 Å². The summed E-state index contributed by atoms with van der Waals surface area (Å²) >= 11 is 1.68. The van der Waals surface area contributed by atoms with E-state index in [-0.39, 0.29) is 17.7 Å². The molecule has 2 N–H and O–H groups in total. The lowest BCUT2D eigenvalue weighted by Gasteiger charge is -2.21. The summed E-state index contributed by atoms with van der Waals surface area (Å²) in [6.07, 6.45) is 5.65. The number of carbonyl (C=O) groups excluding carboxylic acids is 1. The SMILES string of the molecule is O=C(Nc1ccc(OCc2cccs2)cc1)N[C@H]1COC2(CCCC2)C1. The van der Waals surface area contributed by atoms with E-state index in [9.17, 15) is 4.79 Å². The first-order valence-electron chi connectivity index (χ1n) is 9.18. The maximum Gasteiger partial charge on any atom is 0.319 e. The molecular weight excluding hydrogens is 348 g/mol. The molecule has 0 bridgehead atoms. The topological polar surface area (TPSA) is 59.6 Å². The molecule has 1 atom stereocenters. The lowest BCUT2D eigenvalue weighted by Crippen LogP contribution is -2.39. The summed E-state index contributed by atoms with van der Waals surface area (Å²) < 4.78 is 11.7. The summed E-state index contributed by atoms with van der Waals surface area (Å²) in [6.45, 7) is 1.18. The molecular formula is C20H24N2O3S. The third-order valence-corrected chi connectivity index (χ3v) is 5.98. The van der Waals surface area contributed by atoms with Gasteiger partial charge in [-0.2, -0.15) is 0 Å². The van der Waals surface area contributed by atoms with Crippen molar-refractivity contribution < 1.29 is 14.3 Å². The Morgan fingerprint density at radius 1 is 1.23 bits per heavy atom. The smallest absolute Gasteiger partial charge is 0.319 e. The average Bonchev–Trinajstić information content (AvgIpc) is 3.39. The van der Waals surface area contributed by atoms with Crippen LogP contribution in [0.25, 0.3) is 0 Å². The summed E-state index contributed by atoms with van der Waals surface area (Å²) in [5, 5.41) is 7.95. The normalized spacial score (nSPS) is 21.0. The zero-order chi connectivity index (χ0) is 17.8. The number of rotatable bonds is 5. The van der Waals surface area contributed by atoms with Crippen molar-refractivity contribution in [1.82, 2.24) is 5.32 Å². The molecule has 2 amide bonds. The van der Waals surface area contributed by atoms with Gasteiger partial charge in [0.05, 0.1) is 18.2 Å². The molecule has 2 fully saturated rings. The Labute approximate surface area is 157 Å². The number of nitrogens with one attached hydrogen (secondary N) is 2. The van der Waals surface area contributed by atoms with E-state index in [1.165, 1.54) is 17.7 Å². The van der Waals surface area contributed by atoms with E-state index in [0.29, 0.717) is 13.2 Å². The number of hydrogen-bond donors (Lipinski definition) is 2. The largest absolute Gasteiger partial charge is 0.488 e. The quantitative estimate of drug-likeness (QED) is 0.809. The zero-order valence-electron chi connectivity index (χ0n) is 14.7. The van der Waals surface area contributed by atoms with Crippen LogP contribution in [0.4, 0.5) is 10.5 Å². The van der Waals surface area contributed by atoms with Crippen LogP contribution >= 0.6 is 11.3 Å². The van der Waals surface area contributed by atoms with Gasteiger partial charge >= 0.3 is 6.03 Å². The molecule has 1 saturated carbocycles. The van der Waals surface area contributed by atoms with Gasteiger partial charge in [0, 0.05) is 10.6 Å². The van der Waals surface area contributed by atoms with Crippen LogP contribution in [-0.4, -0.2) is 24.3 Å². The van der Waals surface area contributed by atoms with Crippen LogP contribution < -0.4 is 15.4 Å². The molecule has 1 aliphatic heterocycles. The predicted octanol–water partition coefficient (Wildman–Crippen LogP) is 4.55. The van der Waals surface area contributed by atoms with E-state index in [4.69, 9.17) is 9.47 Å². The van der Waals surface area contributed by atoms with E-state index < -0.39 is 0 Å². The lowest BCUT2D eigenvalue weighted by molar-refractivity contribution is 0.00998. The molecule has 2 aromatic rings. The molecule has 1 aliphatic carbocycles. The summed E-state index contributed by atoms with van der Waals surface area (Å²) in [7, 11) is 0. The minimum Gasteiger partial charge on any atom is -0.488 e. The third kappa shape index (κ3) is 4.19. The lowest BCUT2D eigenvalue weighted by atomic mass is 9.96. The van der Waals surface area contributed by atoms with Crippen LogP contribution in [0.15, 0.2) is 41.8 Å². The van der Waals surface area contributed by atoms with Crippen LogP contribution in [0.1, 0.15) is 37.0 Å². The second kappa shape index (κ2) is 7.68. The Morgan fingerprint density at radius 2 is 2.04 bits per heavy atom. The van der Waals surface area contributed by atoms with Crippen LogP contribution in [0.2, 0.25) is 0 Å². The zero-order valence-corrected chi connectivity index (χ0v) is 15.5. The Hall–Kier alpha value is -2.05. The highest BCUT2D eigenvalue weighted by atomic mass is 32.1. The van der Waals surface area contributed by atoms with Crippen molar-refractivity contribution in [2.24, 2.45) is 0 Å². The first-order valence-corrected chi connectivity index (χ1v) is 10.1. The van der Waals surface area contributed by atoms with Gasteiger partial charge in [-0.3, -0.25) is 0 Å². The monoisotopic (exact) mass is 372 g/mol. The number of hydrogen-bond acceptors (Lipinski definition) is 4. The highest BCUT2D eigenvalue weighted by Gasteiger charge is 2.42. The number of urea groups is 1. The molecule has 5 nitrogen and oxygen atoms in total. The fourth-order valence-electron chi connectivity index (χ4n) is 3.84. The van der Waals surface area contributed by atoms with Crippen LogP contribution in [0, 0.1) is 0 Å². The van der Waals surface area contributed by atoms with Crippen molar-refractivity contribution in [3.05, 3.63) is 46.7 Å². The number of carbonyl (C=O) groups is 1. The van der Waals surface area contributed by atoms with E-state index in [1.807, 2.05) is 41.8 Å². The van der Waals surface area contributed by atoms with Crippen molar-refractivity contribution in [1.29, 1.82) is 0 Å². The molecule has 6 heteroatoms. The maximum atomic E-state index is 12.2. The summed E-state index contributed by atoms with van der Waals surface area (Å²) in [5.74, 6) is 0.789. The first-order chi connectivity index (χ1) is 12.7. The molecule has 0 unspecified atom stereocenters. The highest BCUT2D eigenvalue weighted by Crippen LogP contribution is 2.40. The molecule has 1 spiro atoms. The van der Waals surface area contributed by atoms with Crippen molar-refractivity contribution in [2.75, 3.05) is 11.9 Å². The van der Waals surface area contributed by atoms with Gasteiger partial charge in [0.25, 0.3) is 0 Å². The summed E-state index contributed by atoms with van der Waals surface area (Å²) in [5.41, 5.74) is 0.778. The standard InChI is InChI=1S/C20H24N2O3S/c23-19(22-16-12-20(25-13-16)9-1-2-10-20)21-15-5-7-17(8-6-15)24-14-18-4-3-11-26-18/h3-8,11,16H,1-2,9-10,12-14H2,(H2,21,22,23)/t16-/m1/s1. The van der Waals surface area contributed by atoms with Gasteiger partial charge < -0.3 is 20.1 Å². The Balaban J connectivity index is 1.24. The van der Waals surface area contributed by atoms with Gasteiger partial charge in [0.1, 0.15) is 12.4 Å². The van der Waals surface area contributed by atoms with Crippen LogP contribution in [-0.2, 0) is 11.3 Å². The molecule has 1 aromatic carbocycles. The van der Waals surface area contributed by atoms with Crippen molar-refractivity contribution in [3.8, 4) is 5.75 Å². The van der Waals surface area contributed by atoms with Crippen molar-refractivity contribution in [3.63, 3.8) is 0 Å². The fraction of sp³-hybridized carbons (Fsp3) is 0.450. The Morgan fingerprint density at radius 3 is 2.77 bits per heavy atom. The molecule has 4 rings (SSSR count). The molecule has 138 valence electrons. The number of thiophene rings is 1. The number of ether oxygens (including phenoxy) is 2. The second-order valence-electron chi connectivity index (χ2n) is 7.09. The molecule has 2 heterocycles. The number of benzene rings is 1. The number of amides is 2. The molecule has 26 heavy (non-hydrogen) atoms. The average molecular weight is 372 g/mol. The van der Waals surface area contributed by atoms with Crippen LogP contribution in [0.3, 0.4) is 0 Å². The fourth-order valence-corrected chi connectivity index (χ4v) is 4.46. The third-order valence-electron chi connectivity index (χ3n) is 5.13. The summed E-state index contributed by atoms with van der Waals surface area (Å²) in [6, 6.07) is 11.4. The highest BCUT2D eigenvalue weighted by molar-refractivity contribution is 7.09. The van der Waals surface area contributed by atoms with E-state index >= 15 is 0 Å². The van der Waals surface area contributed by atoms with E-state index in [2.05, 4.69) is 10.6 Å². The van der Waals surface area contributed by atoms with E-state index in [1.54, 1.807) is 11.3 Å². The molecule has 1 aromatic heterocycles. The van der Waals surface area contributed by atoms with Gasteiger partial charge in [-0.05, 0) is 55.0 Å². The predicted molar refractivity (Wildman–Crippen MR) is 103 cm³/mol. The molecule has 2 aliphatic rings. The molecule has 0 radical (unpaired) electrons. The van der Waals surface area contributed by atoms with Gasteiger partial charge in [-0.25, -0.2) is 4.79 Å². The Kier molecular flexibility index (Phi) is 5.13. The second-order valence-corrected chi connectivity index (χ2v) is 8.13. The Bertz CT molecular complexity index is 724. The van der Waals surface area contributed by atoms with Crippen molar-refractivity contribution in [2.45, 2.75) is 50.4 Å². The first kappa shape index (κ1) is 17.4.